The first-order valence-electron chi connectivity index (χ1n) is 6.41. The third-order valence-electron chi connectivity index (χ3n) is 3.49. The van der Waals surface area contributed by atoms with Crippen LogP contribution in [0.15, 0.2) is 0 Å². The minimum absolute atomic E-state index is 0.0204. The number of nitrogens with one attached hydrogen (secondary N) is 1. The molecule has 1 saturated carbocycles. The summed E-state index contributed by atoms with van der Waals surface area (Å²) in [6.45, 7) is 7.56. The summed E-state index contributed by atoms with van der Waals surface area (Å²) in [5.74, 6) is 0.286. The maximum absolute atomic E-state index is 11.8. The molecule has 4 nitrogen and oxygen atoms in total. The van der Waals surface area contributed by atoms with Crippen LogP contribution in [0.1, 0.15) is 53.4 Å². The molecule has 1 aliphatic carbocycles. The van der Waals surface area contributed by atoms with Crippen molar-refractivity contribution in [2.75, 3.05) is 6.61 Å². The lowest BCUT2D eigenvalue weighted by Crippen LogP contribution is -2.57. The van der Waals surface area contributed by atoms with Crippen LogP contribution in [-0.2, 0) is 4.74 Å². The zero-order valence-electron chi connectivity index (χ0n) is 11.4. The number of amides is 1. The van der Waals surface area contributed by atoms with E-state index in [0.717, 1.165) is 19.3 Å². The van der Waals surface area contributed by atoms with Crippen LogP contribution in [0, 0.1) is 5.92 Å². The van der Waals surface area contributed by atoms with E-state index >= 15 is 0 Å². The van der Waals surface area contributed by atoms with E-state index in [4.69, 9.17) is 4.74 Å². The number of aliphatic hydroxyl groups is 1. The third-order valence-corrected chi connectivity index (χ3v) is 3.49. The van der Waals surface area contributed by atoms with Crippen LogP contribution in [-0.4, -0.2) is 28.9 Å². The molecule has 4 heteroatoms. The molecule has 0 heterocycles. The van der Waals surface area contributed by atoms with E-state index in [2.05, 4.69) is 12.2 Å². The van der Waals surface area contributed by atoms with Gasteiger partial charge < -0.3 is 15.2 Å². The standard InChI is InChI=1S/C13H25NO3/c1-10-7-5-6-8-13(10,9-15)14-11(16)17-12(2,3)4/h10,15H,5-9H2,1-4H3,(H,14,16). The third kappa shape index (κ3) is 3.87. The number of hydrogen-bond donors (Lipinski definition) is 2. The van der Waals surface area contributed by atoms with Crippen molar-refractivity contribution in [1.29, 1.82) is 0 Å². The highest BCUT2D eigenvalue weighted by Crippen LogP contribution is 2.33. The number of rotatable bonds is 2. The van der Waals surface area contributed by atoms with E-state index in [1.54, 1.807) is 0 Å². The summed E-state index contributed by atoms with van der Waals surface area (Å²) >= 11 is 0. The normalized spacial score (nSPS) is 29.8. The number of carbonyl (C=O) groups is 1. The van der Waals surface area contributed by atoms with Crippen LogP contribution >= 0.6 is 0 Å². The molecule has 1 fully saturated rings. The molecular weight excluding hydrogens is 218 g/mol. The largest absolute Gasteiger partial charge is 0.444 e. The van der Waals surface area contributed by atoms with Crippen molar-refractivity contribution < 1.29 is 14.6 Å². The summed E-state index contributed by atoms with van der Waals surface area (Å²) < 4.78 is 5.25. The molecule has 2 unspecified atom stereocenters. The Kier molecular flexibility index (Phi) is 4.42. The van der Waals surface area contributed by atoms with Crippen molar-refractivity contribution in [2.24, 2.45) is 5.92 Å². The minimum Gasteiger partial charge on any atom is -0.444 e. The zero-order chi connectivity index (χ0) is 13.1. The van der Waals surface area contributed by atoms with Crippen LogP contribution in [0.3, 0.4) is 0 Å². The molecular formula is C13H25NO3. The Morgan fingerprint density at radius 3 is 2.59 bits per heavy atom. The first-order chi connectivity index (χ1) is 7.79. The monoisotopic (exact) mass is 243 g/mol. The molecule has 0 bridgehead atoms. The lowest BCUT2D eigenvalue weighted by Gasteiger charge is -2.42. The van der Waals surface area contributed by atoms with Crippen molar-refractivity contribution in [3.8, 4) is 0 Å². The van der Waals surface area contributed by atoms with Crippen molar-refractivity contribution in [2.45, 2.75) is 64.5 Å². The summed E-state index contributed by atoms with van der Waals surface area (Å²) in [6, 6.07) is 0. The Balaban J connectivity index is 2.65. The number of carbonyl (C=O) groups excluding carboxylic acids is 1. The predicted octanol–water partition coefficient (Wildman–Crippen LogP) is 2.45. The maximum Gasteiger partial charge on any atom is 0.408 e. The molecule has 17 heavy (non-hydrogen) atoms. The fraction of sp³-hybridized carbons (Fsp3) is 0.923. The molecule has 2 atom stereocenters. The summed E-state index contributed by atoms with van der Waals surface area (Å²) in [7, 11) is 0. The second-order valence-corrected chi connectivity index (χ2v) is 6.09. The highest BCUT2D eigenvalue weighted by Gasteiger charge is 2.39. The second-order valence-electron chi connectivity index (χ2n) is 6.09. The molecule has 0 aromatic heterocycles. The van der Waals surface area contributed by atoms with Gasteiger partial charge in [-0.15, -0.1) is 0 Å². The predicted molar refractivity (Wildman–Crippen MR) is 66.8 cm³/mol. The number of alkyl carbamates (subject to hydrolysis) is 1. The smallest absolute Gasteiger partial charge is 0.408 e. The molecule has 0 aromatic rings. The molecule has 1 aliphatic rings. The second kappa shape index (κ2) is 5.25. The SMILES string of the molecule is CC1CCCCC1(CO)NC(=O)OC(C)(C)C. The van der Waals surface area contributed by atoms with E-state index in [1.165, 1.54) is 6.42 Å². The molecule has 100 valence electrons. The quantitative estimate of drug-likeness (QED) is 0.783. The Labute approximate surface area is 104 Å². The van der Waals surface area contributed by atoms with Gasteiger partial charge in [0.05, 0.1) is 12.1 Å². The van der Waals surface area contributed by atoms with E-state index in [0.29, 0.717) is 0 Å². The van der Waals surface area contributed by atoms with Gasteiger partial charge in [-0.1, -0.05) is 19.8 Å². The van der Waals surface area contributed by atoms with Crippen LogP contribution < -0.4 is 5.32 Å². The number of hydrogen-bond acceptors (Lipinski definition) is 3. The molecule has 0 radical (unpaired) electrons. The fourth-order valence-electron chi connectivity index (χ4n) is 2.38. The van der Waals surface area contributed by atoms with Gasteiger partial charge in [0.2, 0.25) is 0 Å². The van der Waals surface area contributed by atoms with Gasteiger partial charge in [0.25, 0.3) is 0 Å². The Bertz CT molecular complexity index is 272. The van der Waals surface area contributed by atoms with Crippen LogP contribution in [0.5, 0.6) is 0 Å². The van der Waals surface area contributed by atoms with Gasteiger partial charge in [-0.3, -0.25) is 0 Å². The van der Waals surface area contributed by atoms with Crippen LogP contribution in [0.25, 0.3) is 0 Å². The van der Waals surface area contributed by atoms with Crippen LogP contribution in [0.4, 0.5) is 4.79 Å². The van der Waals surface area contributed by atoms with E-state index < -0.39 is 17.2 Å². The average Bonchev–Trinajstić information content (AvgIpc) is 2.19. The molecule has 2 N–H and O–H groups in total. The van der Waals surface area contributed by atoms with E-state index in [9.17, 15) is 9.90 Å². The highest BCUT2D eigenvalue weighted by molar-refractivity contribution is 5.69. The van der Waals surface area contributed by atoms with Gasteiger partial charge in [-0.05, 0) is 39.5 Å². The molecule has 0 aromatic carbocycles. The van der Waals surface area contributed by atoms with Gasteiger partial charge in [0, 0.05) is 0 Å². The van der Waals surface area contributed by atoms with Crippen molar-refractivity contribution >= 4 is 6.09 Å². The lowest BCUT2D eigenvalue weighted by molar-refractivity contribution is 0.0229. The van der Waals surface area contributed by atoms with Gasteiger partial charge in [0.1, 0.15) is 5.60 Å². The van der Waals surface area contributed by atoms with Crippen molar-refractivity contribution in [1.82, 2.24) is 5.32 Å². The molecule has 0 saturated heterocycles. The molecule has 0 spiro atoms. The maximum atomic E-state index is 11.8. The van der Waals surface area contributed by atoms with Crippen molar-refractivity contribution in [3.63, 3.8) is 0 Å². The first-order valence-corrected chi connectivity index (χ1v) is 6.41. The summed E-state index contributed by atoms with van der Waals surface area (Å²) in [5.41, 5.74) is -1.00. The van der Waals surface area contributed by atoms with Gasteiger partial charge in [-0.2, -0.15) is 0 Å². The van der Waals surface area contributed by atoms with Gasteiger partial charge in [-0.25, -0.2) is 4.79 Å². The van der Waals surface area contributed by atoms with Gasteiger partial charge in [0.15, 0.2) is 0 Å². The zero-order valence-corrected chi connectivity index (χ0v) is 11.4. The van der Waals surface area contributed by atoms with Crippen molar-refractivity contribution in [3.05, 3.63) is 0 Å². The molecule has 0 aliphatic heterocycles. The molecule has 1 rings (SSSR count). The van der Waals surface area contributed by atoms with Gasteiger partial charge >= 0.3 is 6.09 Å². The van der Waals surface area contributed by atoms with Crippen LogP contribution in [0.2, 0.25) is 0 Å². The molecule has 1 amide bonds. The Morgan fingerprint density at radius 1 is 1.47 bits per heavy atom. The minimum atomic E-state index is -0.501. The number of ether oxygens (including phenoxy) is 1. The summed E-state index contributed by atoms with van der Waals surface area (Å²) in [5, 5.41) is 12.5. The Hall–Kier alpha value is -0.770. The average molecular weight is 243 g/mol. The topological polar surface area (TPSA) is 58.6 Å². The van der Waals surface area contributed by atoms with E-state index in [-0.39, 0.29) is 12.5 Å². The lowest BCUT2D eigenvalue weighted by atomic mass is 9.74. The Morgan fingerprint density at radius 2 is 2.12 bits per heavy atom. The van der Waals surface area contributed by atoms with E-state index in [1.807, 2.05) is 20.8 Å². The summed E-state index contributed by atoms with van der Waals surface area (Å²) in [4.78, 5) is 11.8. The highest BCUT2D eigenvalue weighted by atomic mass is 16.6. The first kappa shape index (κ1) is 14.3. The number of aliphatic hydroxyl groups excluding tert-OH is 1. The summed E-state index contributed by atoms with van der Waals surface area (Å²) in [6.07, 6.45) is 3.64. The fourth-order valence-corrected chi connectivity index (χ4v) is 2.38.